The van der Waals surface area contributed by atoms with E-state index in [1.54, 1.807) is 0 Å². The topological polar surface area (TPSA) is 27.0 Å². The lowest BCUT2D eigenvalue weighted by atomic mass is 10.0. The van der Waals surface area contributed by atoms with E-state index in [0.29, 0.717) is 0 Å². The van der Waals surface area contributed by atoms with Gasteiger partial charge in [-0.1, -0.05) is 36.2 Å². The highest BCUT2D eigenvalue weighted by atomic mass is 35.5. The number of piperidine rings is 1. The molecule has 0 spiro atoms. The van der Waals surface area contributed by atoms with Crippen molar-refractivity contribution in [1.29, 1.82) is 5.26 Å². The predicted octanol–water partition coefficient (Wildman–Crippen LogP) is 3.26. The summed E-state index contributed by atoms with van der Waals surface area (Å²) in [5.41, 5.74) is 1.08. The van der Waals surface area contributed by atoms with Crippen LogP contribution in [0.15, 0.2) is 24.3 Å². The summed E-state index contributed by atoms with van der Waals surface area (Å²) in [6, 6.07) is 10.2. The molecule has 1 aliphatic heterocycles. The Kier molecular flexibility index (Phi) is 4.42. The second-order valence-corrected chi connectivity index (χ2v) is 4.94. The second-order valence-electron chi connectivity index (χ2n) is 4.54. The van der Waals surface area contributed by atoms with Crippen LogP contribution in [-0.2, 0) is 6.42 Å². The number of nitrogens with zero attached hydrogens (tertiary/aromatic N) is 2. The van der Waals surface area contributed by atoms with Crippen molar-refractivity contribution in [3.63, 3.8) is 0 Å². The molecule has 1 aliphatic rings. The highest BCUT2D eigenvalue weighted by Crippen LogP contribution is 2.20. The number of nitriles is 1. The Bertz CT molecular complexity index is 405. The van der Waals surface area contributed by atoms with E-state index in [0.717, 1.165) is 30.1 Å². The van der Waals surface area contributed by atoms with E-state index in [1.165, 1.54) is 19.3 Å². The number of likely N-dealkylation sites (tertiary alicyclic amines) is 1. The van der Waals surface area contributed by atoms with Crippen LogP contribution in [0.4, 0.5) is 0 Å². The molecule has 90 valence electrons. The number of benzene rings is 1. The summed E-state index contributed by atoms with van der Waals surface area (Å²) < 4.78 is 0. The minimum absolute atomic E-state index is 0.0322. The minimum atomic E-state index is -0.0322. The van der Waals surface area contributed by atoms with Crippen molar-refractivity contribution in [3.8, 4) is 6.07 Å². The van der Waals surface area contributed by atoms with Crippen LogP contribution in [0.3, 0.4) is 0 Å². The van der Waals surface area contributed by atoms with Crippen LogP contribution in [0.5, 0.6) is 0 Å². The van der Waals surface area contributed by atoms with Crippen LogP contribution >= 0.6 is 11.6 Å². The molecule has 1 saturated heterocycles. The first-order valence-corrected chi connectivity index (χ1v) is 6.56. The fourth-order valence-electron chi connectivity index (χ4n) is 2.36. The lowest BCUT2D eigenvalue weighted by molar-refractivity contribution is 0.194. The summed E-state index contributed by atoms with van der Waals surface area (Å²) >= 11 is 6.14. The largest absolute Gasteiger partial charge is 0.288 e. The first kappa shape index (κ1) is 12.4. The van der Waals surface area contributed by atoms with E-state index in [-0.39, 0.29) is 6.04 Å². The van der Waals surface area contributed by atoms with Crippen LogP contribution in [0.1, 0.15) is 24.8 Å². The fourth-order valence-corrected chi connectivity index (χ4v) is 2.57. The molecule has 1 atom stereocenters. The van der Waals surface area contributed by atoms with Crippen molar-refractivity contribution in [2.24, 2.45) is 0 Å². The maximum Gasteiger partial charge on any atom is 0.102 e. The SMILES string of the molecule is N#CC(Cc1ccccc1Cl)N1CCCCC1. The summed E-state index contributed by atoms with van der Waals surface area (Å²) in [5, 5.41) is 10.1. The Balaban J connectivity index is 2.05. The van der Waals surface area contributed by atoms with Gasteiger partial charge < -0.3 is 0 Å². The number of halogens is 1. The van der Waals surface area contributed by atoms with Gasteiger partial charge in [0, 0.05) is 11.4 Å². The summed E-state index contributed by atoms with van der Waals surface area (Å²) in [5.74, 6) is 0. The molecular formula is C14H17ClN2. The van der Waals surface area contributed by atoms with Crippen molar-refractivity contribution in [2.45, 2.75) is 31.7 Å². The molecule has 0 aliphatic carbocycles. The molecule has 0 amide bonds. The monoisotopic (exact) mass is 248 g/mol. The van der Waals surface area contributed by atoms with Gasteiger partial charge in [0.25, 0.3) is 0 Å². The summed E-state index contributed by atoms with van der Waals surface area (Å²) in [4.78, 5) is 2.28. The van der Waals surface area contributed by atoms with Gasteiger partial charge in [-0.05, 0) is 37.6 Å². The van der Waals surface area contributed by atoms with E-state index in [4.69, 9.17) is 11.6 Å². The Labute approximate surface area is 108 Å². The van der Waals surface area contributed by atoms with Crippen molar-refractivity contribution in [2.75, 3.05) is 13.1 Å². The summed E-state index contributed by atoms with van der Waals surface area (Å²) in [6.07, 6.45) is 4.44. The Morgan fingerprint density at radius 3 is 2.59 bits per heavy atom. The molecule has 1 unspecified atom stereocenters. The van der Waals surface area contributed by atoms with Crippen LogP contribution in [0, 0.1) is 11.3 Å². The first-order chi connectivity index (χ1) is 8.31. The first-order valence-electron chi connectivity index (χ1n) is 6.18. The van der Waals surface area contributed by atoms with Gasteiger partial charge in [0.1, 0.15) is 6.04 Å². The molecule has 3 heteroatoms. The van der Waals surface area contributed by atoms with Gasteiger partial charge in [0.15, 0.2) is 0 Å². The molecule has 0 saturated carbocycles. The van der Waals surface area contributed by atoms with Gasteiger partial charge in [-0.2, -0.15) is 5.26 Å². The average Bonchev–Trinajstić information content (AvgIpc) is 2.39. The van der Waals surface area contributed by atoms with Crippen molar-refractivity contribution in [3.05, 3.63) is 34.9 Å². The third-order valence-corrected chi connectivity index (χ3v) is 3.72. The third-order valence-electron chi connectivity index (χ3n) is 3.35. The zero-order valence-corrected chi connectivity index (χ0v) is 10.7. The number of rotatable bonds is 3. The summed E-state index contributed by atoms with van der Waals surface area (Å²) in [6.45, 7) is 2.09. The molecule has 2 nitrogen and oxygen atoms in total. The Morgan fingerprint density at radius 2 is 1.94 bits per heavy atom. The molecule has 1 heterocycles. The summed E-state index contributed by atoms with van der Waals surface area (Å²) in [7, 11) is 0. The van der Waals surface area contributed by atoms with Gasteiger partial charge in [-0.25, -0.2) is 0 Å². The zero-order chi connectivity index (χ0) is 12.1. The average molecular weight is 249 g/mol. The Morgan fingerprint density at radius 1 is 1.24 bits per heavy atom. The van der Waals surface area contributed by atoms with Gasteiger partial charge in [0.05, 0.1) is 6.07 Å². The normalized spacial score (nSPS) is 18.6. The highest BCUT2D eigenvalue weighted by molar-refractivity contribution is 6.31. The van der Waals surface area contributed by atoms with Gasteiger partial charge in [-0.3, -0.25) is 4.90 Å². The molecule has 0 N–H and O–H groups in total. The number of hydrogen-bond acceptors (Lipinski definition) is 2. The van der Waals surface area contributed by atoms with Crippen LogP contribution in [0.25, 0.3) is 0 Å². The quantitative estimate of drug-likeness (QED) is 0.821. The second kappa shape index (κ2) is 6.05. The van der Waals surface area contributed by atoms with Crippen molar-refractivity contribution < 1.29 is 0 Å². The molecule has 1 fully saturated rings. The zero-order valence-electron chi connectivity index (χ0n) is 9.90. The molecule has 17 heavy (non-hydrogen) atoms. The Hall–Kier alpha value is -1.04. The molecule has 0 radical (unpaired) electrons. The third kappa shape index (κ3) is 3.21. The van der Waals surface area contributed by atoms with E-state index in [2.05, 4.69) is 11.0 Å². The van der Waals surface area contributed by atoms with Crippen molar-refractivity contribution >= 4 is 11.6 Å². The molecule has 0 aromatic heterocycles. The minimum Gasteiger partial charge on any atom is -0.288 e. The lowest BCUT2D eigenvalue weighted by Gasteiger charge is -2.30. The molecular weight excluding hydrogens is 232 g/mol. The smallest absolute Gasteiger partial charge is 0.102 e. The van der Waals surface area contributed by atoms with Crippen LogP contribution in [-0.4, -0.2) is 24.0 Å². The molecule has 2 rings (SSSR count). The highest BCUT2D eigenvalue weighted by Gasteiger charge is 2.21. The molecule has 1 aromatic carbocycles. The van der Waals surface area contributed by atoms with Gasteiger partial charge in [0.2, 0.25) is 0 Å². The van der Waals surface area contributed by atoms with Crippen molar-refractivity contribution in [1.82, 2.24) is 4.90 Å². The maximum atomic E-state index is 9.30. The van der Waals surface area contributed by atoms with Gasteiger partial charge >= 0.3 is 0 Å². The molecule has 0 bridgehead atoms. The van der Waals surface area contributed by atoms with Crippen LogP contribution in [0.2, 0.25) is 5.02 Å². The van der Waals surface area contributed by atoms with Crippen LogP contribution < -0.4 is 0 Å². The number of hydrogen-bond donors (Lipinski definition) is 0. The van der Waals surface area contributed by atoms with Gasteiger partial charge in [-0.15, -0.1) is 0 Å². The predicted molar refractivity (Wildman–Crippen MR) is 70.0 cm³/mol. The fraction of sp³-hybridized carbons (Fsp3) is 0.500. The standard InChI is InChI=1S/C14H17ClN2/c15-14-7-3-2-6-12(14)10-13(11-16)17-8-4-1-5-9-17/h2-3,6-7,13H,1,4-5,8-10H2. The van der Waals surface area contributed by atoms with E-state index >= 15 is 0 Å². The van der Waals surface area contributed by atoms with E-state index in [1.807, 2.05) is 24.3 Å². The van der Waals surface area contributed by atoms with E-state index in [9.17, 15) is 5.26 Å². The maximum absolute atomic E-state index is 9.30. The van der Waals surface area contributed by atoms with E-state index < -0.39 is 0 Å². The molecule has 1 aromatic rings. The lowest BCUT2D eigenvalue weighted by Crippen LogP contribution is -2.39.